The summed E-state index contributed by atoms with van der Waals surface area (Å²) in [6, 6.07) is 3.79. The number of rotatable bonds is 8. The Bertz CT molecular complexity index is 789. The van der Waals surface area contributed by atoms with Crippen molar-refractivity contribution in [1.29, 1.82) is 0 Å². The fourth-order valence-electron chi connectivity index (χ4n) is 2.80. The molecule has 2 rings (SSSR count). The van der Waals surface area contributed by atoms with E-state index in [1.807, 2.05) is 13.8 Å². The van der Waals surface area contributed by atoms with E-state index in [4.69, 9.17) is 9.26 Å². The number of anilines is 1. The van der Waals surface area contributed by atoms with Crippen LogP contribution in [-0.2, 0) is 0 Å². The first-order chi connectivity index (χ1) is 12.8. The molecule has 0 radical (unpaired) electrons. The van der Waals surface area contributed by atoms with Gasteiger partial charge in [0.1, 0.15) is 5.56 Å². The van der Waals surface area contributed by atoms with Crippen LogP contribution in [0.1, 0.15) is 30.6 Å². The van der Waals surface area contributed by atoms with Gasteiger partial charge in [-0.05, 0) is 30.5 Å². The Hall–Kier alpha value is -2.61. The van der Waals surface area contributed by atoms with Crippen molar-refractivity contribution in [2.45, 2.75) is 26.3 Å². The van der Waals surface area contributed by atoms with Crippen molar-refractivity contribution in [2.24, 2.45) is 5.92 Å². The van der Waals surface area contributed by atoms with E-state index in [-0.39, 0.29) is 23.7 Å². The quantitative estimate of drug-likeness (QED) is 0.733. The topological polar surface area (TPSA) is 87.8 Å². The third kappa shape index (κ3) is 4.77. The normalized spacial score (nSPS) is 12.1. The number of methoxy groups -OCH3 is 1. The number of nitrogens with one attached hydrogen (secondary N) is 1. The Labute approximate surface area is 158 Å². The van der Waals surface area contributed by atoms with Gasteiger partial charge < -0.3 is 24.6 Å². The van der Waals surface area contributed by atoms with Crippen LogP contribution >= 0.6 is 0 Å². The number of carbonyl (C=O) groups is 1. The molecule has 0 unspecified atom stereocenters. The number of aliphatic hydroxyl groups excluding tert-OH is 1. The van der Waals surface area contributed by atoms with Gasteiger partial charge in [0.15, 0.2) is 23.1 Å². The molecule has 1 aromatic carbocycles. The summed E-state index contributed by atoms with van der Waals surface area (Å²) >= 11 is 0. The number of aromatic nitrogens is 1. The van der Waals surface area contributed by atoms with Gasteiger partial charge in [0, 0.05) is 19.7 Å². The van der Waals surface area contributed by atoms with E-state index < -0.39 is 17.8 Å². The number of ether oxygens (including phenoxy) is 1. The van der Waals surface area contributed by atoms with Crippen molar-refractivity contribution >= 4 is 11.7 Å². The predicted octanol–water partition coefficient (Wildman–Crippen LogP) is 2.69. The number of benzene rings is 1. The molecule has 0 saturated carbocycles. The fourth-order valence-corrected chi connectivity index (χ4v) is 2.80. The summed E-state index contributed by atoms with van der Waals surface area (Å²) in [4.78, 5) is 14.6. The second-order valence-electron chi connectivity index (χ2n) is 6.94. The van der Waals surface area contributed by atoms with Crippen LogP contribution in [0.3, 0.4) is 0 Å². The number of nitrogens with zero attached hydrogens (tertiary/aromatic N) is 2. The van der Waals surface area contributed by atoms with E-state index in [1.165, 1.54) is 25.3 Å². The van der Waals surface area contributed by atoms with E-state index in [0.29, 0.717) is 23.7 Å². The third-order valence-electron chi connectivity index (χ3n) is 4.05. The molecule has 1 aromatic heterocycles. The number of halogens is 1. The maximum atomic E-state index is 13.7. The van der Waals surface area contributed by atoms with Crippen LogP contribution in [0.25, 0.3) is 11.3 Å². The standard InChI is InChI=1S/C19H26FN3O4/c1-11(2)8-13(10-24)21-19(25)16-17(27-22-18(16)23(3)4)12-6-7-14(20)15(9-12)26-5/h6-7,9,11,13,24H,8,10H2,1-5H3,(H,21,25)/t13-/m1/s1. The highest BCUT2D eigenvalue weighted by Crippen LogP contribution is 2.33. The lowest BCUT2D eigenvalue weighted by Crippen LogP contribution is -2.39. The molecule has 27 heavy (non-hydrogen) atoms. The molecule has 0 aliphatic carbocycles. The van der Waals surface area contributed by atoms with Gasteiger partial charge in [0.25, 0.3) is 5.91 Å². The minimum Gasteiger partial charge on any atom is -0.494 e. The molecule has 1 amide bonds. The van der Waals surface area contributed by atoms with Crippen molar-refractivity contribution in [1.82, 2.24) is 10.5 Å². The minimum absolute atomic E-state index is 0.0368. The highest BCUT2D eigenvalue weighted by atomic mass is 19.1. The Morgan fingerprint density at radius 3 is 2.67 bits per heavy atom. The van der Waals surface area contributed by atoms with Gasteiger partial charge in [-0.15, -0.1) is 0 Å². The van der Waals surface area contributed by atoms with Gasteiger partial charge in [-0.1, -0.05) is 19.0 Å². The van der Waals surface area contributed by atoms with Gasteiger partial charge >= 0.3 is 0 Å². The maximum Gasteiger partial charge on any atom is 0.259 e. The summed E-state index contributed by atoms with van der Waals surface area (Å²) < 4.78 is 24.1. The Balaban J connectivity index is 2.45. The van der Waals surface area contributed by atoms with Gasteiger partial charge in [-0.2, -0.15) is 0 Å². The van der Waals surface area contributed by atoms with Crippen molar-refractivity contribution in [3.8, 4) is 17.1 Å². The molecule has 2 N–H and O–H groups in total. The molecule has 0 aliphatic rings. The number of carbonyl (C=O) groups excluding carboxylic acids is 1. The van der Waals surface area contributed by atoms with Crippen LogP contribution in [0.4, 0.5) is 10.2 Å². The largest absolute Gasteiger partial charge is 0.494 e. The molecular formula is C19H26FN3O4. The summed E-state index contributed by atoms with van der Waals surface area (Å²) in [5, 5.41) is 16.4. The molecule has 2 aromatic rings. The lowest BCUT2D eigenvalue weighted by molar-refractivity contribution is 0.0909. The van der Waals surface area contributed by atoms with Crippen LogP contribution in [0.2, 0.25) is 0 Å². The first-order valence-electron chi connectivity index (χ1n) is 8.71. The highest BCUT2D eigenvalue weighted by Gasteiger charge is 2.27. The Morgan fingerprint density at radius 1 is 1.41 bits per heavy atom. The zero-order valence-electron chi connectivity index (χ0n) is 16.2. The second kappa shape index (κ2) is 8.85. The molecule has 0 saturated heterocycles. The van der Waals surface area contributed by atoms with Crippen LogP contribution in [0.15, 0.2) is 22.7 Å². The van der Waals surface area contributed by atoms with Crippen LogP contribution < -0.4 is 15.0 Å². The summed E-state index contributed by atoms with van der Waals surface area (Å²) in [5.41, 5.74) is 0.680. The van der Waals surface area contributed by atoms with Gasteiger partial charge in [0.2, 0.25) is 0 Å². The van der Waals surface area contributed by atoms with Crippen molar-refractivity contribution < 1.29 is 23.6 Å². The van der Waals surface area contributed by atoms with Crippen molar-refractivity contribution in [3.63, 3.8) is 0 Å². The number of aliphatic hydroxyl groups is 1. The molecule has 1 atom stereocenters. The highest BCUT2D eigenvalue weighted by molar-refractivity contribution is 6.04. The molecular weight excluding hydrogens is 353 g/mol. The lowest BCUT2D eigenvalue weighted by atomic mass is 10.0. The second-order valence-corrected chi connectivity index (χ2v) is 6.94. The zero-order valence-corrected chi connectivity index (χ0v) is 16.2. The van der Waals surface area contributed by atoms with Crippen LogP contribution in [0, 0.1) is 11.7 Å². The van der Waals surface area contributed by atoms with Crippen LogP contribution in [0.5, 0.6) is 5.75 Å². The average molecular weight is 379 g/mol. The predicted molar refractivity (Wildman–Crippen MR) is 101 cm³/mol. The monoisotopic (exact) mass is 379 g/mol. The van der Waals surface area contributed by atoms with Gasteiger partial charge in [-0.3, -0.25) is 4.79 Å². The summed E-state index contributed by atoms with van der Waals surface area (Å²) in [5.74, 6) is -0.0497. The van der Waals surface area contributed by atoms with Crippen molar-refractivity contribution in [2.75, 3.05) is 32.7 Å². The van der Waals surface area contributed by atoms with Gasteiger partial charge in [0.05, 0.1) is 19.8 Å². The van der Waals surface area contributed by atoms with Gasteiger partial charge in [-0.25, -0.2) is 4.39 Å². The van der Waals surface area contributed by atoms with E-state index in [1.54, 1.807) is 19.0 Å². The Morgan fingerprint density at radius 2 is 2.11 bits per heavy atom. The summed E-state index contributed by atoms with van der Waals surface area (Å²) in [6.45, 7) is 3.84. The molecule has 0 spiro atoms. The van der Waals surface area contributed by atoms with E-state index in [0.717, 1.165) is 0 Å². The average Bonchev–Trinajstić information content (AvgIpc) is 3.06. The smallest absolute Gasteiger partial charge is 0.259 e. The molecule has 8 heteroatoms. The number of amides is 1. The maximum absolute atomic E-state index is 13.7. The molecule has 0 fully saturated rings. The Kier molecular flexibility index (Phi) is 6.79. The molecule has 7 nitrogen and oxygen atoms in total. The summed E-state index contributed by atoms with van der Waals surface area (Å²) in [6.07, 6.45) is 0.629. The first-order valence-corrected chi connectivity index (χ1v) is 8.71. The first kappa shape index (κ1) is 20.7. The molecule has 0 bridgehead atoms. The van der Waals surface area contributed by atoms with Crippen LogP contribution in [-0.4, -0.2) is 50.0 Å². The number of hydrogen-bond acceptors (Lipinski definition) is 6. The van der Waals surface area contributed by atoms with E-state index >= 15 is 0 Å². The lowest BCUT2D eigenvalue weighted by Gasteiger charge is -2.19. The third-order valence-corrected chi connectivity index (χ3v) is 4.05. The SMILES string of the molecule is COc1cc(-c2onc(N(C)C)c2C(=O)N[C@@H](CO)CC(C)C)ccc1F. The minimum atomic E-state index is -0.517. The molecule has 1 heterocycles. The number of hydrogen-bond donors (Lipinski definition) is 2. The van der Waals surface area contributed by atoms with E-state index in [2.05, 4.69) is 10.5 Å². The summed E-state index contributed by atoms with van der Waals surface area (Å²) in [7, 11) is 4.84. The van der Waals surface area contributed by atoms with Crippen molar-refractivity contribution in [3.05, 3.63) is 29.6 Å². The van der Waals surface area contributed by atoms with E-state index in [9.17, 15) is 14.3 Å². The fraction of sp³-hybridized carbons (Fsp3) is 0.474. The molecule has 0 aliphatic heterocycles. The zero-order chi connectivity index (χ0) is 20.1. The molecule has 148 valence electrons.